The molecule has 12 nitrogen and oxygen atoms in total. The highest BCUT2D eigenvalue weighted by Crippen LogP contribution is 2.58. The molecule has 226 valence electrons. The number of piperazine rings is 1. The highest BCUT2D eigenvalue weighted by molar-refractivity contribution is 6.25. The fourth-order valence-corrected chi connectivity index (χ4v) is 7.10. The van der Waals surface area contributed by atoms with E-state index in [1.807, 2.05) is 0 Å². The number of nitrogens with zero attached hydrogens (tertiary/aromatic N) is 2. The van der Waals surface area contributed by atoms with Gasteiger partial charge in [0, 0.05) is 45.0 Å². The second-order valence-corrected chi connectivity index (χ2v) is 11.2. The smallest absolute Gasteiger partial charge is 0.333 e. The molecular formula is C30H36N2O10. The number of hydrogen-bond donors (Lipinski definition) is 4. The van der Waals surface area contributed by atoms with Crippen LogP contribution < -0.4 is 4.74 Å². The highest BCUT2D eigenvalue weighted by Gasteiger charge is 2.60. The summed E-state index contributed by atoms with van der Waals surface area (Å²) in [4.78, 5) is 43.4. The molecule has 0 aromatic heterocycles. The van der Waals surface area contributed by atoms with Gasteiger partial charge in [0.1, 0.15) is 24.7 Å². The summed E-state index contributed by atoms with van der Waals surface area (Å²) in [6.45, 7) is 5.92. The molecule has 42 heavy (non-hydrogen) atoms. The monoisotopic (exact) mass is 584 g/mol. The summed E-state index contributed by atoms with van der Waals surface area (Å²) in [6.07, 6.45) is -1.34. The maximum absolute atomic E-state index is 13.8. The van der Waals surface area contributed by atoms with E-state index in [1.165, 1.54) is 21.1 Å². The third-order valence-corrected chi connectivity index (χ3v) is 9.27. The van der Waals surface area contributed by atoms with Gasteiger partial charge in [0.2, 0.25) is 5.78 Å². The van der Waals surface area contributed by atoms with Crippen molar-refractivity contribution in [1.82, 2.24) is 9.80 Å². The molecule has 1 aromatic rings. The van der Waals surface area contributed by atoms with E-state index in [9.17, 15) is 34.8 Å². The number of esters is 1. The standard InChI is InChI=1S/C30H36N2O10/c1-8-11(2)30(39)42-10-16-17-14(22(33)12(3)27(40-6)25(17)36)9-15-20-18-19(23(34)13(4)28(41-7)26(18)37)24(35)21(31(20)5)29(38)32(15)16/h8,15-16,20-21,24,29,34-35,37-38H,9-10H2,1-7H3/b11-8-/t15-,16-,20-,21-,24-,29-/m0/s1. The molecule has 0 amide bonds. The van der Waals surface area contributed by atoms with Gasteiger partial charge >= 0.3 is 5.97 Å². The van der Waals surface area contributed by atoms with Gasteiger partial charge in [-0.25, -0.2) is 4.79 Å². The van der Waals surface area contributed by atoms with Crippen LogP contribution in [0.3, 0.4) is 0 Å². The molecule has 6 atom stereocenters. The number of likely N-dealkylation sites (N-methyl/N-ethyl adjacent to an activating group) is 1. The predicted molar refractivity (Wildman–Crippen MR) is 147 cm³/mol. The van der Waals surface area contributed by atoms with Gasteiger partial charge in [-0.15, -0.1) is 0 Å². The number of rotatable bonds is 5. The van der Waals surface area contributed by atoms with Gasteiger partial charge in [-0.3, -0.25) is 19.4 Å². The van der Waals surface area contributed by atoms with Crippen molar-refractivity contribution in [3.05, 3.63) is 50.8 Å². The molecule has 12 heteroatoms. The molecule has 1 aromatic carbocycles. The van der Waals surface area contributed by atoms with E-state index in [1.54, 1.807) is 43.7 Å². The average Bonchev–Trinajstić information content (AvgIpc) is 2.96. The van der Waals surface area contributed by atoms with E-state index in [-0.39, 0.29) is 69.4 Å². The third-order valence-electron chi connectivity index (χ3n) is 9.27. The molecular weight excluding hydrogens is 548 g/mol. The van der Waals surface area contributed by atoms with E-state index in [0.717, 1.165) is 0 Å². The number of carbonyl (C=O) groups excluding carboxylic acids is 3. The molecule has 0 unspecified atom stereocenters. The van der Waals surface area contributed by atoms with Crippen molar-refractivity contribution in [2.45, 2.75) is 70.6 Å². The number of Topliss-reactive ketones (excluding diaryl/α,β-unsaturated/α-hetero) is 2. The van der Waals surface area contributed by atoms with Crippen LogP contribution in [-0.2, 0) is 23.9 Å². The summed E-state index contributed by atoms with van der Waals surface area (Å²) in [5.41, 5.74) is 1.18. The fourth-order valence-electron chi connectivity index (χ4n) is 7.10. The van der Waals surface area contributed by atoms with Crippen molar-refractivity contribution in [2.24, 2.45) is 0 Å². The quantitative estimate of drug-likeness (QED) is 0.171. The number of phenolic OH excluding ortho intramolecular Hbond substituents is 2. The van der Waals surface area contributed by atoms with Gasteiger partial charge < -0.3 is 34.6 Å². The van der Waals surface area contributed by atoms with Crippen molar-refractivity contribution in [2.75, 3.05) is 27.9 Å². The Morgan fingerprint density at radius 2 is 1.71 bits per heavy atom. The molecule has 4 N–H and O–H groups in total. The van der Waals surface area contributed by atoms with E-state index in [2.05, 4.69) is 0 Å². The zero-order chi connectivity index (χ0) is 30.9. The molecule has 4 aliphatic rings. The second kappa shape index (κ2) is 10.5. The Bertz CT molecular complexity index is 1490. The van der Waals surface area contributed by atoms with Gasteiger partial charge in [-0.05, 0) is 41.2 Å². The molecule has 1 fully saturated rings. The van der Waals surface area contributed by atoms with E-state index in [0.29, 0.717) is 5.57 Å². The molecule has 3 heterocycles. The molecule has 0 radical (unpaired) electrons. The van der Waals surface area contributed by atoms with Crippen molar-refractivity contribution in [1.29, 1.82) is 0 Å². The summed E-state index contributed by atoms with van der Waals surface area (Å²) in [6, 6.07) is -3.66. The van der Waals surface area contributed by atoms with Crippen molar-refractivity contribution >= 4 is 17.5 Å². The summed E-state index contributed by atoms with van der Waals surface area (Å²) in [5.74, 6) is -2.26. The Labute approximate surface area is 243 Å². The van der Waals surface area contributed by atoms with E-state index >= 15 is 0 Å². The first-order chi connectivity index (χ1) is 19.8. The third kappa shape index (κ3) is 3.93. The lowest BCUT2D eigenvalue weighted by molar-refractivity contribution is -0.199. The molecule has 0 saturated carbocycles. The number of allylic oxidation sites excluding steroid dienone is 3. The Hall–Kier alpha value is -3.71. The Kier molecular flexibility index (Phi) is 7.46. The number of fused-ring (bicyclic) bond motifs is 6. The van der Waals surface area contributed by atoms with Gasteiger partial charge in [0.05, 0.1) is 32.3 Å². The van der Waals surface area contributed by atoms with E-state index in [4.69, 9.17) is 14.2 Å². The lowest BCUT2D eigenvalue weighted by atomic mass is 9.70. The van der Waals surface area contributed by atoms with Crippen LogP contribution in [0.2, 0.25) is 0 Å². The van der Waals surface area contributed by atoms with Crippen LogP contribution in [0.1, 0.15) is 56.0 Å². The van der Waals surface area contributed by atoms with Crippen LogP contribution in [0.15, 0.2) is 34.1 Å². The van der Waals surface area contributed by atoms with Gasteiger partial charge in [-0.1, -0.05) is 6.08 Å². The molecule has 1 saturated heterocycles. The van der Waals surface area contributed by atoms with Crippen molar-refractivity contribution < 1.29 is 49.0 Å². The maximum Gasteiger partial charge on any atom is 0.333 e. The molecule has 0 spiro atoms. The average molecular weight is 585 g/mol. The van der Waals surface area contributed by atoms with Crippen molar-refractivity contribution in [3.8, 4) is 17.2 Å². The lowest BCUT2D eigenvalue weighted by Gasteiger charge is -2.61. The predicted octanol–water partition coefficient (Wildman–Crippen LogP) is 1.46. The zero-order valence-corrected chi connectivity index (χ0v) is 24.6. The Morgan fingerprint density at radius 3 is 2.31 bits per heavy atom. The number of aliphatic hydroxyl groups is 2. The molecule has 2 bridgehead atoms. The number of methoxy groups -OCH3 is 2. The minimum atomic E-state index is -1.46. The molecule has 1 aliphatic carbocycles. The summed E-state index contributed by atoms with van der Waals surface area (Å²) in [5, 5.41) is 46.0. The van der Waals surface area contributed by atoms with Gasteiger partial charge in [0.25, 0.3) is 0 Å². The van der Waals surface area contributed by atoms with Crippen LogP contribution in [0.4, 0.5) is 0 Å². The SMILES string of the molecule is C/C=C(/C)C(=O)OC[C@H]1C2=C(C[C@H]3[C@H]4c5c(O)c(OC)c(C)c(O)c5[C@H](O)[C@@H]([C@H](O)N13)N4C)C(=O)C(C)=C(OC)C2=O. The largest absolute Gasteiger partial charge is 0.507 e. The first kappa shape index (κ1) is 29.8. The summed E-state index contributed by atoms with van der Waals surface area (Å²) < 4.78 is 16.3. The Morgan fingerprint density at radius 1 is 1.05 bits per heavy atom. The van der Waals surface area contributed by atoms with Crippen LogP contribution in [0.25, 0.3) is 0 Å². The highest BCUT2D eigenvalue weighted by atomic mass is 16.5. The van der Waals surface area contributed by atoms with Crippen LogP contribution in [0, 0.1) is 6.92 Å². The lowest BCUT2D eigenvalue weighted by Crippen LogP contribution is -2.71. The van der Waals surface area contributed by atoms with Crippen LogP contribution in [-0.4, -0.2) is 100.0 Å². The number of hydrogen-bond acceptors (Lipinski definition) is 12. The summed E-state index contributed by atoms with van der Waals surface area (Å²) in [7, 11) is 4.31. The number of phenols is 2. The van der Waals surface area contributed by atoms with Crippen LogP contribution in [0.5, 0.6) is 17.2 Å². The maximum atomic E-state index is 13.8. The number of carbonyl (C=O) groups is 3. The molecule has 3 aliphatic heterocycles. The van der Waals surface area contributed by atoms with Crippen molar-refractivity contribution in [3.63, 3.8) is 0 Å². The van der Waals surface area contributed by atoms with Gasteiger partial charge in [-0.2, -0.15) is 0 Å². The topological polar surface area (TPSA) is 166 Å². The first-order valence-corrected chi connectivity index (χ1v) is 13.7. The first-order valence-electron chi connectivity index (χ1n) is 13.7. The number of aromatic hydroxyl groups is 2. The molecule has 5 rings (SSSR count). The van der Waals surface area contributed by atoms with Crippen LogP contribution >= 0.6 is 0 Å². The second-order valence-electron chi connectivity index (χ2n) is 11.2. The number of aliphatic hydroxyl groups excluding tert-OH is 2. The minimum absolute atomic E-state index is 0.0166. The normalized spacial score (nSPS) is 29.7. The Balaban J connectivity index is 1.74. The fraction of sp³-hybridized carbons (Fsp3) is 0.500. The minimum Gasteiger partial charge on any atom is -0.507 e. The van der Waals surface area contributed by atoms with E-state index < -0.39 is 54.0 Å². The number of ketones is 2. The number of benzene rings is 1. The summed E-state index contributed by atoms with van der Waals surface area (Å²) >= 11 is 0. The van der Waals surface area contributed by atoms with Gasteiger partial charge in [0.15, 0.2) is 23.0 Å². The number of ether oxygens (including phenoxy) is 3. The zero-order valence-electron chi connectivity index (χ0n) is 24.6.